The van der Waals surface area contributed by atoms with Gasteiger partial charge in [0.05, 0.1) is 5.92 Å². The van der Waals surface area contributed by atoms with Crippen LogP contribution >= 0.6 is 0 Å². The average Bonchev–Trinajstić information content (AvgIpc) is 2.80. The van der Waals surface area contributed by atoms with Gasteiger partial charge in [-0.2, -0.15) is 4.91 Å². The normalized spacial score (nSPS) is 23.2. The van der Waals surface area contributed by atoms with Crippen molar-refractivity contribution >= 4 is 11.6 Å². The van der Waals surface area contributed by atoms with Crippen LogP contribution in [0.2, 0.25) is 0 Å². The molecule has 0 aromatic heterocycles. The fourth-order valence-corrected chi connectivity index (χ4v) is 3.23. The van der Waals surface area contributed by atoms with Crippen LogP contribution in [0.25, 0.3) is 0 Å². The van der Waals surface area contributed by atoms with E-state index in [4.69, 9.17) is 0 Å². The Labute approximate surface area is 159 Å². The summed E-state index contributed by atoms with van der Waals surface area (Å²) in [6, 6.07) is -1.29. The van der Waals surface area contributed by atoms with Gasteiger partial charge < -0.3 is 5.11 Å². The van der Waals surface area contributed by atoms with Crippen LogP contribution in [0.3, 0.4) is 0 Å². The molecule has 1 aliphatic carbocycles. The summed E-state index contributed by atoms with van der Waals surface area (Å²) < 4.78 is 0. The first-order valence-corrected chi connectivity index (χ1v) is 9.00. The fourth-order valence-electron chi connectivity index (χ4n) is 3.23. The number of aliphatic hydroxyl groups excluding tert-OH is 1. The Kier molecular flexibility index (Phi) is 7.51. The third-order valence-electron chi connectivity index (χ3n) is 4.78. The molecule has 148 valence electrons. The van der Waals surface area contributed by atoms with Gasteiger partial charge in [0.25, 0.3) is 0 Å². The molecule has 0 saturated carbocycles. The van der Waals surface area contributed by atoms with E-state index in [0.29, 0.717) is 0 Å². The summed E-state index contributed by atoms with van der Waals surface area (Å²) in [5, 5.41) is 16.9. The predicted molar refractivity (Wildman–Crippen MR) is 104 cm³/mol. The van der Waals surface area contributed by atoms with Crippen molar-refractivity contribution in [2.45, 2.75) is 66.0 Å². The number of hydrogen-bond donors (Lipinski definition) is 1. The third kappa shape index (κ3) is 4.28. The topological polar surface area (TPSA) is 113 Å². The second-order valence-corrected chi connectivity index (χ2v) is 7.73. The van der Waals surface area contributed by atoms with E-state index in [1.54, 1.807) is 26.0 Å². The van der Waals surface area contributed by atoms with Gasteiger partial charge in [0, 0.05) is 5.92 Å². The molecule has 27 heavy (non-hydrogen) atoms. The van der Waals surface area contributed by atoms with Gasteiger partial charge in [-0.25, -0.2) is 0 Å². The fraction of sp³-hybridized carbons (Fsp3) is 0.600. The van der Waals surface area contributed by atoms with Gasteiger partial charge in [-0.3, -0.25) is 9.59 Å². The van der Waals surface area contributed by atoms with E-state index in [2.05, 4.69) is 10.4 Å². The summed E-state index contributed by atoms with van der Waals surface area (Å²) in [6.07, 6.45) is 3.52. The monoisotopic (exact) mass is 376 g/mol. The lowest BCUT2D eigenvalue weighted by Gasteiger charge is -2.30. The molecule has 0 aromatic carbocycles. The van der Waals surface area contributed by atoms with Crippen molar-refractivity contribution in [3.05, 3.63) is 44.4 Å². The smallest absolute Gasteiger partial charge is 0.196 e. The molecule has 0 spiro atoms. The van der Waals surface area contributed by atoms with Crippen LogP contribution in [0.4, 0.5) is 0 Å². The van der Waals surface area contributed by atoms with Gasteiger partial charge in [-0.1, -0.05) is 47.5 Å². The molecule has 7 heteroatoms. The van der Waals surface area contributed by atoms with Gasteiger partial charge >= 0.3 is 0 Å². The maximum Gasteiger partial charge on any atom is 0.196 e. The van der Waals surface area contributed by atoms with Crippen LogP contribution in [0, 0.1) is 21.6 Å². The van der Waals surface area contributed by atoms with E-state index in [1.165, 1.54) is 0 Å². The summed E-state index contributed by atoms with van der Waals surface area (Å²) in [6.45, 7) is 10.4. The van der Waals surface area contributed by atoms with Gasteiger partial charge in [-0.15, -0.1) is 4.91 Å². The second-order valence-electron chi connectivity index (χ2n) is 7.73. The molecule has 0 aromatic rings. The third-order valence-corrected chi connectivity index (χ3v) is 4.78. The van der Waals surface area contributed by atoms with Crippen molar-refractivity contribution in [3.8, 4) is 0 Å². The van der Waals surface area contributed by atoms with Crippen molar-refractivity contribution in [2.24, 2.45) is 22.2 Å². The Bertz CT molecular complexity index is 725. The highest BCUT2D eigenvalue weighted by atomic mass is 16.3. The molecule has 0 bridgehead atoms. The van der Waals surface area contributed by atoms with Crippen molar-refractivity contribution in [1.82, 2.24) is 0 Å². The lowest BCUT2D eigenvalue weighted by atomic mass is 9.76. The predicted octanol–water partition coefficient (Wildman–Crippen LogP) is 4.58. The minimum atomic E-state index is -2.07. The van der Waals surface area contributed by atoms with E-state index in [9.17, 15) is 24.5 Å². The number of carbonyl (C=O) groups is 2. The summed E-state index contributed by atoms with van der Waals surface area (Å²) in [4.78, 5) is 49.1. The van der Waals surface area contributed by atoms with Gasteiger partial charge in [0.2, 0.25) is 0 Å². The number of hydrogen-bond acceptors (Lipinski definition) is 7. The highest BCUT2D eigenvalue weighted by Gasteiger charge is 2.62. The molecule has 0 heterocycles. The minimum Gasteiger partial charge on any atom is -0.509 e. The summed E-state index contributed by atoms with van der Waals surface area (Å²) >= 11 is 0. The van der Waals surface area contributed by atoms with Crippen molar-refractivity contribution in [2.75, 3.05) is 0 Å². The Balaban J connectivity index is 3.67. The lowest BCUT2D eigenvalue weighted by molar-refractivity contribution is -0.124. The molecule has 0 saturated heterocycles. The maximum absolute atomic E-state index is 13.0. The molecule has 1 N–H and O–H groups in total. The van der Waals surface area contributed by atoms with Crippen molar-refractivity contribution in [3.63, 3.8) is 0 Å². The molecule has 0 amide bonds. The molecular formula is C20H28N2O5. The molecule has 1 unspecified atom stereocenters. The zero-order valence-electron chi connectivity index (χ0n) is 16.8. The van der Waals surface area contributed by atoms with Crippen molar-refractivity contribution < 1.29 is 14.7 Å². The van der Waals surface area contributed by atoms with Gasteiger partial charge in [0.15, 0.2) is 17.1 Å². The molecule has 7 nitrogen and oxygen atoms in total. The van der Waals surface area contributed by atoms with E-state index < -0.39 is 46.3 Å². The van der Waals surface area contributed by atoms with E-state index in [1.807, 2.05) is 27.7 Å². The van der Waals surface area contributed by atoms with Crippen LogP contribution in [0.1, 0.15) is 54.4 Å². The largest absolute Gasteiger partial charge is 0.509 e. The first kappa shape index (κ1) is 22.6. The Morgan fingerprint density at radius 3 is 2.11 bits per heavy atom. The second kappa shape index (κ2) is 8.97. The molecule has 1 rings (SSSR count). The average molecular weight is 376 g/mol. The number of carbonyl (C=O) groups excluding carboxylic acids is 2. The first-order valence-electron chi connectivity index (χ1n) is 9.00. The van der Waals surface area contributed by atoms with Crippen LogP contribution < -0.4 is 0 Å². The molecule has 0 radical (unpaired) electrons. The number of nitroso groups, excluding NO2 is 2. The number of allylic oxidation sites excluding steroid dienone is 4. The highest BCUT2D eigenvalue weighted by Crippen LogP contribution is 2.47. The van der Waals surface area contributed by atoms with Gasteiger partial charge in [0.1, 0.15) is 17.4 Å². The zero-order valence-corrected chi connectivity index (χ0v) is 16.8. The number of rotatable bonds is 9. The number of Topliss-reactive ketones (excluding diaryl/α,β-unsaturated/α-hetero) is 2. The van der Waals surface area contributed by atoms with Crippen LogP contribution in [-0.2, 0) is 9.59 Å². The van der Waals surface area contributed by atoms with Crippen LogP contribution in [0.5, 0.6) is 0 Å². The summed E-state index contributed by atoms with van der Waals surface area (Å²) in [5.74, 6) is -3.65. The Hall–Kier alpha value is -2.44. The summed E-state index contributed by atoms with van der Waals surface area (Å²) in [5.41, 5.74) is -0.721. The van der Waals surface area contributed by atoms with Crippen molar-refractivity contribution in [1.29, 1.82) is 0 Å². The van der Waals surface area contributed by atoms with Crippen LogP contribution in [0.15, 0.2) is 45.0 Å². The quantitative estimate of drug-likeness (QED) is 0.359. The molecular weight excluding hydrogens is 348 g/mol. The maximum atomic E-state index is 13.0. The summed E-state index contributed by atoms with van der Waals surface area (Å²) in [7, 11) is 0. The zero-order chi connectivity index (χ0) is 20.9. The lowest BCUT2D eigenvalue weighted by Crippen LogP contribution is -2.46. The van der Waals surface area contributed by atoms with E-state index in [-0.39, 0.29) is 12.8 Å². The Morgan fingerprint density at radius 2 is 1.70 bits per heavy atom. The van der Waals surface area contributed by atoms with Crippen LogP contribution in [-0.4, -0.2) is 28.3 Å². The molecule has 0 aliphatic heterocycles. The Morgan fingerprint density at radius 1 is 1.15 bits per heavy atom. The minimum absolute atomic E-state index is 0.0311. The first-order chi connectivity index (χ1) is 12.5. The highest BCUT2D eigenvalue weighted by molar-refractivity contribution is 6.24. The molecule has 1 aliphatic rings. The molecule has 3 atom stereocenters. The standard InChI is InChI=1S/C20H28N2O5/c1-11(2)7-9-14-18(24)16(17(23)13(5)6)19(25)20(14,22-27)15(21-26)10-8-12(3)4/h7-8,13-15,25H,9-10H2,1-6H3/t14?,15-,20-/m0/s1. The SMILES string of the molecule is CC(C)=CCC1C(=O)C(C(=O)C(C)C)=C(O)[C@@]1(N=O)[C@H](CC=C(C)C)N=O. The number of nitrogens with zero attached hydrogens (tertiary/aromatic N) is 2. The van der Waals surface area contributed by atoms with Gasteiger partial charge in [-0.05, 0) is 40.5 Å². The van der Waals surface area contributed by atoms with E-state index >= 15 is 0 Å². The molecule has 0 fully saturated rings. The number of aliphatic hydroxyl groups is 1. The van der Waals surface area contributed by atoms with E-state index in [0.717, 1.165) is 11.1 Å². The number of ketones is 2.